The molecule has 0 amide bonds. The first kappa shape index (κ1) is 13.6. The minimum Gasteiger partial charge on any atom is -0.378 e. The second kappa shape index (κ2) is 5.44. The Morgan fingerprint density at radius 2 is 2.39 bits per heavy atom. The van der Waals surface area contributed by atoms with Gasteiger partial charge in [-0.05, 0) is 26.2 Å². The molecular formula is C11H15F3N2OS. The third kappa shape index (κ3) is 3.58. The summed E-state index contributed by atoms with van der Waals surface area (Å²) >= 11 is 0.638. The quantitative estimate of drug-likeness (QED) is 0.916. The highest BCUT2D eigenvalue weighted by molar-refractivity contribution is 7.15. The van der Waals surface area contributed by atoms with E-state index < -0.39 is 11.1 Å². The monoisotopic (exact) mass is 280 g/mol. The summed E-state index contributed by atoms with van der Waals surface area (Å²) in [5.41, 5.74) is 0. The molecule has 1 saturated heterocycles. The molecule has 2 unspecified atom stereocenters. The van der Waals surface area contributed by atoms with Crippen LogP contribution in [0.5, 0.6) is 0 Å². The molecule has 2 rings (SSSR count). The zero-order valence-corrected chi connectivity index (χ0v) is 10.8. The van der Waals surface area contributed by atoms with Crippen molar-refractivity contribution in [2.45, 2.75) is 44.5 Å². The lowest BCUT2D eigenvalue weighted by atomic mass is 10.1. The van der Waals surface area contributed by atoms with Crippen molar-refractivity contribution in [3.8, 4) is 0 Å². The maximum Gasteiger partial charge on any atom is 0.427 e. The smallest absolute Gasteiger partial charge is 0.378 e. The molecule has 2 atom stereocenters. The van der Waals surface area contributed by atoms with Crippen molar-refractivity contribution >= 4 is 16.5 Å². The van der Waals surface area contributed by atoms with Gasteiger partial charge in [-0.1, -0.05) is 11.3 Å². The summed E-state index contributed by atoms with van der Waals surface area (Å²) in [5.74, 6) is 0. The van der Waals surface area contributed by atoms with Crippen molar-refractivity contribution in [3.05, 3.63) is 11.1 Å². The third-order valence-electron chi connectivity index (χ3n) is 2.80. The van der Waals surface area contributed by atoms with Crippen LogP contribution in [0.4, 0.5) is 18.3 Å². The van der Waals surface area contributed by atoms with Crippen LogP contribution in [0.1, 0.15) is 31.1 Å². The Morgan fingerprint density at radius 3 is 2.94 bits per heavy atom. The molecule has 0 aliphatic carbocycles. The number of halogens is 3. The lowest BCUT2D eigenvalue weighted by Crippen LogP contribution is -2.21. The van der Waals surface area contributed by atoms with Crippen LogP contribution in [-0.2, 0) is 10.9 Å². The van der Waals surface area contributed by atoms with E-state index in [1.54, 1.807) is 0 Å². The van der Waals surface area contributed by atoms with E-state index in [0.29, 0.717) is 16.5 Å². The van der Waals surface area contributed by atoms with E-state index in [9.17, 15) is 13.2 Å². The predicted octanol–water partition coefficient (Wildman–Crippen LogP) is 3.53. The fourth-order valence-electron chi connectivity index (χ4n) is 1.97. The largest absolute Gasteiger partial charge is 0.427 e. The molecule has 7 heteroatoms. The summed E-state index contributed by atoms with van der Waals surface area (Å²) in [6, 6.07) is 0.0559. The molecule has 0 spiro atoms. The Morgan fingerprint density at radius 1 is 1.61 bits per heavy atom. The number of aromatic nitrogens is 1. The van der Waals surface area contributed by atoms with Gasteiger partial charge in [-0.15, -0.1) is 0 Å². The van der Waals surface area contributed by atoms with Gasteiger partial charge in [-0.2, -0.15) is 13.2 Å². The zero-order valence-electron chi connectivity index (χ0n) is 9.96. The van der Waals surface area contributed by atoms with Crippen molar-refractivity contribution in [1.82, 2.24) is 4.98 Å². The van der Waals surface area contributed by atoms with Crippen molar-refractivity contribution in [3.63, 3.8) is 0 Å². The first-order chi connectivity index (χ1) is 8.45. The van der Waals surface area contributed by atoms with E-state index in [-0.39, 0.29) is 12.1 Å². The highest BCUT2D eigenvalue weighted by Crippen LogP contribution is 2.35. The first-order valence-electron chi connectivity index (χ1n) is 5.86. The van der Waals surface area contributed by atoms with E-state index >= 15 is 0 Å². The fraction of sp³-hybridized carbons (Fsp3) is 0.727. The minimum atomic E-state index is -4.31. The van der Waals surface area contributed by atoms with E-state index in [2.05, 4.69) is 10.3 Å². The van der Waals surface area contributed by atoms with Crippen molar-refractivity contribution in [2.24, 2.45) is 0 Å². The zero-order chi connectivity index (χ0) is 13.2. The summed E-state index contributed by atoms with van der Waals surface area (Å²) in [4.78, 5) is 3.07. The lowest BCUT2D eigenvalue weighted by molar-refractivity contribution is -0.134. The Labute approximate surface area is 107 Å². The van der Waals surface area contributed by atoms with Gasteiger partial charge in [0.25, 0.3) is 0 Å². The number of thiazole rings is 1. The Kier molecular flexibility index (Phi) is 4.11. The molecule has 0 radical (unpaired) electrons. The van der Waals surface area contributed by atoms with Gasteiger partial charge in [0.05, 0.1) is 12.3 Å². The molecule has 1 aliphatic rings. The van der Waals surface area contributed by atoms with Crippen molar-refractivity contribution in [1.29, 1.82) is 0 Å². The standard InChI is InChI=1S/C11H15F3N2OS/c1-7(5-8-3-2-4-17-8)16-10-15-6-9(18-10)11(12,13)14/h6-8H,2-5H2,1H3,(H,15,16). The molecule has 0 bridgehead atoms. The number of alkyl halides is 3. The van der Waals surface area contributed by atoms with Gasteiger partial charge >= 0.3 is 6.18 Å². The molecule has 1 aromatic rings. The van der Waals surface area contributed by atoms with Crippen LogP contribution in [-0.4, -0.2) is 23.7 Å². The van der Waals surface area contributed by atoms with Gasteiger partial charge in [0.2, 0.25) is 0 Å². The van der Waals surface area contributed by atoms with Crippen molar-refractivity contribution < 1.29 is 17.9 Å². The summed E-state index contributed by atoms with van der Waals surface area (Å²) in [6.07, 6.45) is -0.346. The van der Waals surface area contributed by atoms with Crippen LogP contribution >= 0.6 is 11.3 Å². The molecule has 0 saturated carbocycles. The van der Waals surface area contributed by atoms with Crippen LogP contribution < -0.4 is 5.32 Å². The number of anilines is 1. The summed E-state index contributed by atoms with van der Waals surface area (Å²) in [7, 11) is 0. The second-order valence-electron chi connectivity index (χ2n) is 4.44. The van der Waals surface area contributed by atoms with Crippen LogP contribution in [0, 0.1) is 0 Å². The van der Waals surface area contributed by atoms with Gasteiger partial charge in [0.15, 0.2) is 5.13 Å². The van der Waals surface area contributed by atoms with Gasteiger partial charge in [-0.3, -0.25) is 0 Å². The summed E-state index contributed by atoms with van der Waals surface area (Å²) < 4.78 is 42.7. The molecular weight excluding hydrogens is 265 g/mol. The molecule has 102 valence electrons. The van der Waals surface area contributed by atoms with Gasteiger partial charge in [0.1, 0.15) is 4.88 Å². The first-order valence-corrected chi connectivity index (χ1v) is 6.68. The number of nitrogens with zero attached hydrogens (tertiary/aromatic N) is 1. The molecule has 3 nitrogen and oxygen atoms in total. The van der Waals surface area contributed by atoms with Gasteiger partial charge in [0, 0.05) is 12.6 Å². The van der Waals surface area contributed by atoms with Crippen LogP contribution in [0.2, 0.25) is 0 Å². The SMILES string of the molecule is CC(CC1CCCO1)Nc1ncc(C(F)(F)F)s1. The number of rotatable bonds is 4. The number of hydrogen-bond acceptors (Lipinski definition) is 4. The number of ether oxygens (including phenoxy) is 1. The van der Waals surface area contributed by atoms with Crippen LogP contribution in [0.15, 0.2) is 6.20 Å². The average molecular weight is 280 g/mol. The van der Waals surface area contributed by atoms with Gasteiger partial charge < -0.3 is 10.1 Å². The highest BCUT2D eigenvalue weighted by Gasteiger charge is 2.33. The number of nitrogens with one attached hydrogen (secondary N) is 1. The number of hydrogen-bond donors (Lipinski definition) is 1. The summed E-state index contributed by atoms with van der Waals surface area (Å²) in [5, 5.41) is 3.30. The topological polar surface area (TPSA) is 34.1 Å². The third-order valence-corrected chi connectivity index (χ3v) is 3.77. The lowest BCUT2D eigenvalue weighted by Gasteiger charge is -2.16. The van der Waals surface area contributed by atoms with E-state index in [1.807, 2.05) is 6.92 Å². The van der Waals surface area contributed by atoms with Crippen LogP contribution in [0.25, 0.3) is 0 Å². The van der Waals surface area contributed by atoms with E-state index in [1.165, 1.54) is 0 Å². The second-order valence-corrected chi connectivity index (χ2v) is 5.47. The van der Waals surface area contributed by atoms with Gasteiger partial charge in [-0.25, -0.2) is 4.98 Å². The molecule has 1 fully saturated rings. The molecule has 2 heterocycles. The maximum absolute atomic E-state index is 12.4. The Bertz CT molecular complexity index is 388. The normalized spacial score (nSPS) is 22.1. The maximum atomic E-state index is 12.4. The van der Waals surface area contributed by atoms with Crippen LogP contribution in [0.3, 0.4) is 0 Å². The fourth-order valence-corrected chi connectivity index (χ4v) is 2.76. The van der Waals surface area contributed by atoms with E-state index in [4.69, 9.17) is 4.74 Å². The Hall–Kier alpha value is -0.820. The molecule has 1 aromatic heterocycles. The van der Waals surface area contributed by atoms with E-state index in [0.717, 1.165) is 32.1 Å². The highest BCUT2D eigenvalue weighted by atomic mass is 32.1. The predicted molar refractivity (Wildman–Crippen MR) is 63.8 cm³/mol. The average Bonchev–Trinajstić information content (AvgIpc) is 2.87. The Balaban J connectivity index is 1.86. The molecule has 1 aliphatic heterocycles. The minimum absolute atomic E-state index is 0.0559. The molecule has 18 heavy (non-hydrogen) atoms. The molecule has 1 N–H and O–H groups in total. The summed E-state index contributed by atoms with van der Waals surface area (Å²) in [6.45, 7) is 2.71. The van der Waals surface area contributed by atoms with Crippen molar-refractivity contribution in [2.75, 3.05) is 11.9 Å². The molecule has 0 aromatic carbocycles.